The molecule has 4 heteroatoms. The summed E-state index contributed by atoms with van der Waals surface area (Å²) in [6.45, 7) is 0. The van der Waals surface area contributed by atoms with Gasteiger partial charge in [-0.1, -0.05) is 35.9 Å². The first kappa shape index (κ1) is 13.0. The summed E-state index contributed by atoms with van der Waals surface area (Å²) in [7, 11) is 0. The fourth-order valence-corrected chi connectivity index (χ4v) is 2.39. The fraction of sp³-hybridized carbons (Fsp3) is 0.125. The number of nitrogens with zero attached hydrogens (tertiary/aromatic N) is 2. The Kier molecular flexibility index (Phi) is 3.63. The lowest BCUT2D eigenvalue weighted by molar-refractivity contribution is 0.178. The molecule has 0 aliphatic carbocycles. The van der Waals surface area contributed by atoms with Crippen LogP contribution in [-0.2, 0) is 6.42 Å². The number of fused-ring (bicyclic) bond motifs is 1. The lowest BCUT2D eigenvalue weighted by Crippen LogP contribution is -2.02. The molecule has 2 aromatic carbocycles. The third kappa shape index (κ3) is 2.64. The fourth-order valence-electron chi connectivity index (χ4n) is 2.18. The number of hydrogen-bond donors (Lipinski definition) is 1. The van der Waals surface area contributed by atoms with Gasteiger partial charge in [-0.15, -0.1) is 0 Å². The van der Waals surface area contributed by atoms with E-state index in [1.54, 1.807) is 12.4 Å². The van der Waals surface area contributed by atoms with Crippen LogP contribution in [0.15, 0.2) is 54.9 Å². The second kappa shape index (κ2) is 5.57. The van der Waals surface area contributed by atoms with Crippen LogP contribution in [0, 0.1) is 0 Å². The van der Waals surface area contributed by atoms with Gasteiger partial charge in [-0.05, 0) is 29.3 Å². The van der Waals surface area contributed by atoms with Crippen LogP contribution in [0.1, 0.15) is 17.2 Å². The predicted octanol–water partition coefficient (Wildman–Crippen LogP) is 3.56. The highest BCUT2D eigenvalue weighted by Crippen LogP contribution is 2.24. The van der Waals surface area contributed by atoms with Gasteiger partial charge >= 0.3 is 0 Å². The number of hydrogen-bond acceptors (Lipinski definition) is 3. The lowest BCUT2D eigenvalue weighted by atomic mass is 10.0. The number of aliphatic hydroxyl groups excluding tert-OH is 1. The molecule has 0 spiro atoms. The van der Waals surface area contributed by atoms with Gasteiger partial charge in [0.25, 0.3) is 0 Å². The molecule has 1 unspecified atom stereocenters. The Morgan fingerprint density at radius 2 is 1.75 bits per heavy atom. The van der Waals surface area contributed by atoms with E-state index in [9.17, 15) is 5.11 Å². The zero-order valence-corrected chi connectivity index (χ0v) is 11.5. The van der Waals surface area contributed by atoms with Gasteiger partial charge in [0, 0.05) is 23.8 Å². The molecule has 3 rings (SSSR count). The molecular weight excluding hydrogens is 272 g/mol. The predicted molar refractivity (Wildman–Crippen MR) is 79.7 cm³/mol. The van der Waals surface area contributed by atoms with Gasteiger partial charge in [0.15, 0.2) is 0 Å². The van der Waals surface area contributed by atoms with Gasteiger partial charge in [0.2, 0.25) is 0 Å². The number of rotatable bonds is 3. The SMILES string of the molecule is OC(Cc1ccccc1Cl)c1ccc2nccnc2c1. The molecule has 1 heterocycles. The molecule has 3 aromatic rings. The minimum atomic E-state index is -0.610. The summed E-state index contributed by atoms with van der Waals surface area (Å²) in [5.74, 6) is 0. The Morgan fingerprint density at radius 1 is 1.00 bits per heavy atom. The quantitative estimate of drug-likeness (QED) is 0.800. The molecule has 0 saturated carbocycles. The third-order valence-electron chi connectivity index (χ3n) is 3.25. The van der Waals surface area contributed by atoms with Gasteiger partial charge in [-0.25, -0.2) is 0 Å². The highest BCUT2D eigenvalue weighted by molar-refractivity contribution is 6.31. The van der Waals surface area contributed by atoms with Crippen molar-refractivity contribution in [3.63, 3.8) is 0 Å². The van der Waals surface area contributed by atoms with Gasteiger partial charge < -0.3 is 5.11 Å². The highest BCUT2D eigenvalue weighted by atomic mass is 35.5. The average molecular weight is 285 g/mol. The smallest absolute Gasteiger partial charge is 0.0890 e. The first-order valence-corrected chi connectivity index (χ1v) is 6.74. The molecule has 20 heavy (non-hydrogen) atoms. The molecule has 100 valence electrons. The molecule has 0 radical (unpaired) electrons. The summed E-state index contributed by atoms with van der Waals surface area (Å²) in [5, 5.41) is 11.0. The molecule has 0 bridgehead atoms. The standard InChI is InChI=1S/C16H13ClN2O/c17-13-4-2-1-3-11(13)10-16(20)12-5-6-14-15(9-12)19-8-7-18-14/h1-9,16,20H,10H2. The summed E-state index contributed by atoms with van der Waals surface area (Å²) in [6.07, 6.45) is 3.17. The lowest BCUT2D eigenvalue weighted by Gasteiger charge is -2.12. The summed E-state index contributed by atoms with van der Waals surface area (Å²) in [5.41, 5.74) is 3.35. The minimum Gasteiger partial charge on any atom is -0.388 e. The largest absolute Gasteiger partial charge is 0.388 e. The Labute approximate surface area is 121 Å². The van der Waals surface area contributed by atoms with Crippen LogP contribution >= 0.6 is 11.6 Å². The van der Waals surface area contributed by atoms with Gasteiger partial charge in [-0.3, -0.25) is 9.97 Å². The average Bonchev–Trinajstić information content (AvgIpc) is 2.49. The number of aliphatic hydroxyl groups is 1. The van der Waals surface area contributed by atoms with Gasteiger partial charge in [0.1, 0.15) is 0 Å². The van der Waals surface area contributed by atoms with Crippen molar-refractivity contribution in [3.8, 4) is 0 Å². The molecule has 0 aliphatic heterocycles. The summed E-state index contributed by atoms with van der Waals surface area (Å²) >= 11 is 6.12. The Morgan fingerprint density at radius 3 is 2.55 bits per heavy atom. The van der Waals surface area contributed by atoms with E-state index in [0.717, 1.165) is 22.2 Å². The zero-order chi connectivity index (χ0) is 13.9. The van der Waals surface area contributed by atoms with Crippen molar-refractivity contribution in [1.29, 1.82) is 0 Å². The van der Waals surface area contributed by atoms with Crippen molar-refractivity contribution in [2.24, 2.45) is 0 Å². The summed E-state index contributed by atoms with van der Waals surface area (Å²) in [6, 6.07) is 13.2. The summed E-state index contributed by atoms with van der Waals surface area (Å²) in [4.78, 5) is 8.46. The topological polar surface area (TPSA) is 46.0 Å². The van der Waals surface area contributed by atoms with Crippen LogP contribution in [0.4, 0.5) is 0 Å². The summed E-state index contributed by atoms with van der Waals surface area (Å²) < 4.78 is 0. The number of halogens is 1. The Balaban J connectivity index is 1.89. The molecular formula is C16H13ClN2O. The third-order valence-corrected chi connectivity index (χ3v) is 3.62. The zero-order valence-electron chi connectivity index (χ0n) is 10.7. The highest BCUT2D eigenvalue weighted by Gasteiger charge is 2.11. The van der Waals surface area contributed by atoms with Crippen molar-refractivity contribution in [3.05, 3.63) is 71.0 Å². The molecule has 0 aliphatic rings. The van der Waals surface area contributed by atoms with E-state index in [1.807, 2.05) is 42.5 Å². The van der Waals surface area contributed by atoms with Crippen LogP contribution in [0.2, 0.25) is 5.02 Å². The van der Waals surface area contributed by atoms with E-state index in [-0.39, 0.29) is 0 Å². The van der Waals surface area contributed by atoms with Gasteiger partial charge in [-0.2, -0.15) is 0 Å². The Bertz CT molecular complexity index is 745. The molecule has 0 amide bonds. The van der Waals surface area contributed by atoms with Crippen LogP contribution in [0.25, 0.3) is 11.0 Å². The maximum Gasteiger partial charge on any atom is 0.0890 e. The van der Waals surface area contributed by atoms with E-state index < -0.39 is 6.10 Å². The maximum absolute atomic E-state index is 10.4. The molecule has 0 fully saturated rings. The molecule has 1 atom stereocenters. The molecule has 1 N–H and O–H groups in total. The minimum absolute atomic E-state index is 0.478. The maximum atomic E-state index is 10.4. The van der Waals surface area contributed by atoms with Crippen molar-refractivity contribution in [1.82, 2.24) is 9.97 Å². The number of benzene rings is 2. The van der Waals surface area contributed by atoms with Crippen LogP contribution in [-0.4, -0.2) is 15.1 Å². The molecule has 3 nitrogen and oxygen atoms in total. The monoisotopic (exact) mass is 284 g/mol. The van der Waals surface area contributed by atoms with E-state index in [1.165, 1.54) is 0 Å². The van der Waals surface area contributed by atoms with E-state index in [4.69, 9.17) is 11.6 Å². The second-order valence-electron chi connectivity index (χ2n) is 4.62. The van der Waals surface area contributed by atoms with Crippen molar-refractivity contribution < 1.29 is 5.11 Å². The first-order valence-electron chi connectivity index (χ1n) is 6.36. The molecule has 0 saturated heterocycles. The van der Waals surface area contributed by atoms with Gasteiger partial charge in [0.05, 0.1) is 17.1 Å². The first-order chi connectivity index (χ1) is 9.74. The van der Waals surface area contributed by atoms with Crippen molar-refractivity contribution in [2.45, 2.75) is 12.5 Å². The molecule has 1 aromatic heterocycles. The van der Waals surface area contributed by atoms with Crippen molar-refractivity contribution in [2.75, 3.05) is 0 Å². The van der Waals surface area contributed by atoms with Crippen LogP contribution in [0.3, 0.4) is 0 Å². The van der Waals surface area contributed by atoms with E-state index >= 15 is 0 Å². The second-order valence-corrected chi connectivity index (χ2v) is 5.02. The van der Waals surface area contributed by atoms with Crippen LogP contribution in [0.5, 0.6) is 0 Å². The number of aromatic nitrogens is 2. The normalized spacial score (nSPS) is 12.5. The van der Waals surface area contributed by atoms with Crippen molar-refractivity contribution >= 4 is 22.6 Å². The van der Waals surface area contributed by atoms with E-state index in [2.05, 4.69) is 9.97 Å². The van der Waals surface area contributed by atoms with E-state index in [0.29, 0.717) is 11.4 Å². The Hall–Kier alpha value is -1.97. The van der Waals surface area contributed by atoms with Crippen LogP contribution < -0.4 is 0 Å².